The molecule has 0 bridgehead atoms. The Bertz CT molecular complexity index is 1180. The summed E-state index contributed by atoms with van der Waals surface area (Å²) in [6.45, 7) is 4.31. The van der Waals surface area contributed by atoms with Crippen LogP contribution in [0.5, 0.6) is 5.75 Å². The Morgan fingerprint density at radius 3 is 2.77 bits per heavy atom. The summed E-state index contributed by atoms with van der Waals surface area (Å²) >= 11 is 0. The molecular formula is C23H24N4O3. The second kappa shape index (κ2) is 8.41. The molecule has 7 nitrogen and oxygen atoms in total. The van der Waals surface area contributed by atoms with Crippen molar-refractivity contribution in [2.24, 2.45) is 5.92 Å². The molecule has 0 radical (unpaired) electrons. The fourth-order valence-corrected chi connectivity index (χ4v) is 3.39. The number of nitrogens with zero attached hydrogens (tertiary/aromatic N) is 3. The van der Waals surface area contributed by atoms with Gasteiger partial charge in [0.05, 0.1) is 7.11 Å². The number of hydrogen-bond acceptors (Lipinski definition) is 5. The first-order chi connectivity index (χ1) is 14.5. The first-order valence-electron chi connectivity index (χ1n) is 9.88. The Hall–Kier alpha value is -3.61. The van der Waals surface area contributed by atoms with E-state index in [2.05, 4.69) is 29.4 Å². The molecule has 1 N–H and O–H groups in total. The highest BCUT2D eigenvalue weighted by Gasteiger charge is 2.18. The van der Waals surface area contributed by atoms with Gasteiger partial charge in [0.25, 0.3) is 5.89 Å². The third-order valence-electron chi connectivity index (χ3n) is 4.73. The number of rotatable bonds is 7. The normalized spacial score (nSPS) is 11.2. The highest BCUT2D eigenvalue weighted by atomic mass is 16.5. The van der Waals surface area contributed by atoms with Gasteiger partial charge in [-0.25, -0.2) is 0 Å². The Morgan fingerprint density at radius 1 is 1.13 bits per heavy atom. The number of anilines is 1. The second-order valence-electron chi connectivity index (χ2n) is 7.55. The van der Waals surface area contributed by atoms with Crippen molar-refractivity contribution >= 4 is 22.5 Å². The number of hydrogen-bond donors (Lipinski definition) is 1. The minimum absolute atomic E-state index is 0.113. The molecule has 4 rings (SSSR count). The summed E-state index contributed by atoms with van der Waals surface area (Å²) in [7, 11) is 1.59. The van der Waals surface area contributed by atoms with Crippen LogP contribution in [0, 0.1) is 5.92 Å². The van der Waals surface area contributed by atoms with Crippen molar-refractivity contribution in [3.05, 3.63) is 60.5 Å². The molecule has 30 heavy (non-hydrogen) atoms. The lowest BCUT2D eigenvalue weighted by molar-refractivity contribution is -0.116. The predicted octanol–water partition coefficient (Wildman–Crippen LogP) is 4.54. The first kappa shape index (κ1) is 19.7. The van der Waals surface area contributed by atoms with Crippen LogP contribution >= 0.6 is 0 Å². The largest absolute Gasteiger partial charge is 0.497 e. The van der Waals surface area contributed by atoms with Crippen molar-refractivity contribution in [3.63, 3.8) is 0 Å². The standard InChI is InChI=1S/C23H24N4O3/c1-15(2)11-22-25-26-23(30-22)20-12-16-7-4-5-10-19(16)27(20)14-21(28)24-17-8-6-9-18(13-17)29-3/h4-10,12-13,15H,11,14H2,1-3H3,(H,24,28). The van der Waals surface area contributed by atoms with Crippen molar-refractivity contribution in [2.45, 2.75) is 26.8 Å². The minimum atomic E-state index is -0.159. The summed E-state index contributed by atoms with van der Waals surface area (Å²) in [5.41, 5.74) is 2.32. The van der Waals surface area contributed by atoms with Crippen LogP contribution in [0.4, 0.5) is 5.69 Å². The molecule has 0 aliphatic rings. The van der Waals surface area contributed by atoms with Crippen LogP contribution in [-0.4, -0.2) is 27.8 Å². The van der Waals surface area contributed by atoms with Crippen molar-refractivity contribution in [2.75, 3.05) is 12.4 Å². The SMILES string of the molecule is COc1cccc(NC(=O)Cn2c(-c3nnc(CC(C)C)o3)cc3ccccc32)c1. The number of para-hydroxylation sites is 1. The highest BCUT2D eigenvalue weighted by Crippen LogP contribution is 2.28. The molecule has 2 aromatic carbocycles. The van der Waals surface area contributed by atoms with E-state index in [9.17, 15) is 4.79 Å². The number of methoxy groups -OCH3 is 1. The quantitative estimate of drug-likeness (QED) is 0.489. The zero-order valence-electron chi connectivity index (χ0n) is 17.3. The van der Waals surface area contributed by atoms with Crippen LogP contribution in [0.1, 0.15) is 19.7 Å². The van der Waals surface area contributed by atoms with Crippen LogP contribution in [0.3, 0.4) is 0 Å². The second-order valence-corrected chi connectivity index (χ2v) is 7.55. The average Bonchev–Trinajstić information content (AvgIpc) is 3.32. The van der Waals surface area contributed by atoms with Crippen LogP contribution < -0.4 is 10.1 Å². The summed E-state index contributed by atoms with van der Waals surface area (Å²) in [5.74, 6) is 1.95. The molecule has 0 saturated heterocycles. The van der Waals surface area contributed by atoms with Gasteiger partial charge in [0, 0.05) is 29.1 Å². The van der Waals surface area contributed by atoms with Crippen molar-refractivity contribution in [3.8, 4) is 17.3 Å². The molecule has 4 aromatic rings. The molecule has 2 heterocycles. The van der Waals surface area contributed by atoms with Crippen LogP contribution in [0.2, 0.25) is 0 Å². The van der Waals surface area contributed by atoms with E-state index < -0.39 is 0 Å². The number of ether oxygens (including phenoxy) is 1. The average molecular weight is 404 g/mol. The van der Waals surface area contributed by atoms with Gasteiger partial charge in [0.1, 0.15) is 18.0 Å². The number of nitrogens with one attached hydrogen (secondary N) is 1. The van der Waals surface area contributed by atoms with E-state index >= 15 is 0 Å². The summed E-state index contributed by atoms with van der Waals surface area (Å²) in [5, 5.41) is 12.3. The maximum Gasteiger partial charge on any atom is 0.264 e. The van der Waals surface area contributed by atoms with Gasteiger partial charge in [0.15, 0.2) is 0 Å². The molecule has 0 saturated carbocycles. The van der Waals surface area contributed by atoms with E-state index in [1.54, 1.807) is 13.2 Å². The Kier molecular flexibility index (Phi) is 5.52. The highest BCUT2D eigenvalue weighted by molar-refractivity contribution is 5.93. The summed E-state index contributed by atoms with van der Waals surface area (Å²) < 4.78 is 13.0. The van der Waals surface area contributed by atoms with Gasteiger partial charge < -0.3 is 19.0 Å². The van der Waals surface area contributed by atoms with E-state index in [4.69, 9.17) is 9.15 Å². The Balaban J connectivity index is 1.64. The van der Waals surface area contributed by atoms with Gasteiger partial charge in [-0.2, -0.15) is 0 Å². The van der Waals surface area contributed by atoms with Crippen molar-refractivity contribution in [1.82, 2.24) is 14.8 Å². The molecule has 0 fully saturated rings. The van der Waals surface area contributed by atoms with Gasteiger partial charge in [-0.1, -0.05) is 38.1 Å². The number of aromatic nitrogens is 3. The Morgan fingerprint density at radius 2 is 1.97 bits per heavy atom. The van der Waals surface area contributed by atoms with Gasteiger partial charge in [-0.15, -0.1) is 10.2 Å². The Labute approximate surface area is 174 Å². The van der Waals surface area contributed by atoms with Crippen molar-refractivity contribution < 1.29 is 13.9 Å². The third-order valence-corrected chi connectivity index (χ3v) is 4.73. The zero-order chi connectivity index (χ0) is 21.1. The predicted molar refractivity (Wildman–Crippen MR) is 115 cm³/mol. The zero-order valence-corrected chi connectivity index (χ0v) is 17.3. The number of carbonyl (C=O) groups is 1. The molecule has 0 aliphatic heterocycles. The molecule has 1 amide bonds. The maximum atomic E-state index is 12.8. The molecule has 0 unspecified atom stereocenters. The minimum Gasteiger partial charge on any atom is -0.497 e. The van der Waals surface area contributed by atoms with Gasteiger partial charge in [0.2, 0.25) is 11.8 Å². The van der Waals surface area contributed by atoms with E-state index in [-0.39, 0.29) is 12.5 Å². The van der Waals surface area contributed by atoms with Crippen LogP contribution in [0.15, 0.2) is 59.0 Å². The third kappa shape index (κ3) is 4.20. The molecular weight excluding hydrogens is 380 g/mol. The van der Waals surface area contributed by atoms with E-state index in [0.29, 0.717) is 35.6 Å². The number of fused-ring (bicyclic) bond motifs is 1. The molecule has 2 aromatic heterocycles. The van der Waals surface area contributed by atoms with Gasteiger partial charge in [-0.3, -0.25) is 4.79 Å². The molecule has 154 valence electrons. The van der Waals surface area contributed by atoms with E-state index in [0.717, 1.165) is 16.6 Å². The molecule has 0 spiro atoms. The number of amides is 1. The fourth-order valence-electron chi connectivity index (χ4n) is 3.39. The lowest BCUT2D eigenvalue weighted by Gasteiger charge is -2.10. The number of carbonyl (C=O) groups excluding carboxylic acids is 1. The summed E-state index contributed by atoms with van der Waals surface area (Å²) in [4.78, 5) is 12.8. The number of benzene rings is 2. The van der Waals surface area contributed by atoms with Crippen LogP contribution in [-0.2, 0) is 17.8 Å². The molecule has 0 aliphatic carbocycles. The van der Waals surface area contributed by atoms with E-state index in [1.807, 2.05) is 53.1 Å². The summed E-state index contributed by atoms with van der Waals surface area (Å²) in [6.07, 6.45) is 0.712. The topological polar surface area (TPSA) is 82.2 Å². The maximum absolute atomic E-state index is 12.8. The lowest BCUT2D eigenvalue weighted by atomic mass is 10.1. The van der Waals surface area contributed by atoms with Gasteiger partial charge in [-0.05, 0) is 30.2 Å². The summed E-state index contributed by atoms with van der Waals surface area (Å²) in [6, 6.07) is 17.1. The molecule has 0 atom stereocenters. The fraction of sp³-hybridized carbons (Fsp3) is 0.261. The smallest absolute Gasteiger partial charge is 0.264 e. The monoisotopic (exact) mass is 404 g/mol. The van der Waals surface area contributed by atoms with Crippen molar-refractivity contribution in [1.29, 1.82) is 0 Å². The van der Waals surface area contributed by atoms with Gasteiger partial charge >= 0.3 is 0 Å². The van der Waals surface area contributed by atoms with E-state index in [1.165, 1.54) is 0 Å². The molecule has 7 heteroatoms. The lowest BCUT2D eigenvalue weighted by Crippen LogP contribution is -2.19. The first-order valence-corrected chi connectivity index (χ1v) is 9.88. The van der Waals surface area contributed by atoms with Crippen LogP contribution in [0.25, 0.3) is 22.5 Å².